The second-order valence-corrected chi connectivity index (χ2v) is 9.51. The van der Waals surface area contributed by atoms with Gasteiger partial charge in [0.1, 0.15) is 11.2 Å². The summed E-state index contributed by atoms with van der Waals surface area (Å²) < 4.78 is 256. The number of benzene rings is 8. The summed E-state index contributed by atoms with van der Waals surface area (Å²) in [6.07, 6.45) is 0. The molecule has 0 bridgehead atoms. The molecule has 0 saturated carbocycles. The molecule has 0 amide bonds. The van der Waals surface area contributed by atoms with E-state index in [-0.39, 0.29) is 0 Å². The minimum absolute atomic E-state index is 0.591. The van der Waals surface area contributed by atoms with Crippen LogP contribution in [0.5, 0.6) is 0 Å². The monoisotopic (exact) mass is 600 g/mol. The predicted octanol–water partition coefficient (Wildman–Crippen LogP) is 12.6. The molecule has 1 aromatic heterocycles. The van der Waals surface area contributed by atoms with E-state index in [4.69, 9.17) is 30.5 Å². The zero-order chi connectivity index (χ0) is 54.1. The molecule has 0 spiro atoms. The summed E-state index contributed by atoms with van der Waals surface area (Å²) in [6.45, 7) is 0. The number of hydrogen-bond acceptors (Lipinski definition) is 1. The van der Waals surface area contributed by atoms with Gasteiger partial charge >= 0.3 is 0 Å². The van der Waals surface area contributed by atoms with Crippen LogP contribution >= 0.6 is 0 Å². The van der Waals surface area contributed by atoms with E-state index in [0.29, 0.717) is 0 Å². The molecule has 210 valence electrons. The molecule has 0 N–H and O–H groups in total. The van der Waals surface area contributed by atoms with Crippen molar-refractivity contribution in [2.24, 2.45) is 0 Å². The normalized spacial score (nSPS) is 20.3. The van der Waals surface area contributed by atoms with Crippen molar-refractivity contribution in [1.29, 1.82) is 0 Å². The predicted molar refractivity (Wildman–Crippen MR) is 190 cm³/mol. The molecule has 9 aromatic rings. The second kappa shape index (κ2) is 10.4. The van der Waals surface area contributed by atoms with Crippen LogP contribution in [0.25, 0.3) is 88.0 Å². The van der Waals surface area contributed by atoms with Crippen molar-refractivity contribution in [1.82, 2.24) is 0 Å². The summed E-state index contributed by atoms with van der Waals surface area (Å²) in [7, 11) is 0. The SMILES string of the molecule is [2H]c1c([2H])c([2H])c(-c2c([2H])c([2H])c(-c3c4c([2H])c([2H])c([2H])c([2H])c4c(-c4c([2H])c([2H])c([2H])c5oc6c([2H])c([2H])c([2H])c(-c7c([2H])c([2H])c([2H])c([2H])c7[2H])c6c45)c4c([2H])c([2H])c([2H])c([2H])c34)c([2H])c2[2H])c([2H])c1[2H]. The van der Waals surface area contributed by atoms with Gasteiger partial charge in [-0.2, -0.15) is 0 Å². The Morgan fingerprint density at radius 2 is 0.733 bits per heavy atom. The molecule has 0 saturated heterocycles. The highest BCUT2D eigenvalue weighted by atomic mass is 16.3. The Morgan fingerprint density at radius 1 is 0.311 bits per heavy atom. The molecule has 45 heavy (non-hydrogen) atoms. The van der Waals surface area contributed by atoms with Crippen LogP contribution in [0.4, 0.5) is 0 Å². The Bertz CT molecular complexity index is 3950. The van der Waals surface area contributed by atoms with E-state index in [0.717, 1.165) is 0 Å². The quantitative estimate of drug-likeness (QED) is 0.183. The van der Waals surface area contributed by atoms with Crippen LogP contribution < -0.4 is 0 Å². The smallest absolute Gasteiger partial charge is 0.136 e. The molecule has 0 aliphatic heterocycles. The summed E-state index contributed by atoms with van der Waals surface area (Å²) in [6, 6.07) is -27.2. The Morgan fingerprint density at radius 3 is 1.31 bits per heavy atom. The van der Waals surface area contributed by atoms with Crippen LogP contribution in [0.2, 0.25) is 0 Å². The molecule has 0 fully saturated rings. The van der Waals surface area contributed by atoms with Crippen molar-refractivity contribution in [2.75, 3.05) is 0 Å². The average Bonchev–Trinajstić information content (AvgIpc) is 3.76. The first kappa shape index (κ1) is 10.1. The lowest BCUT2D eigenvalue weighted by atomic mass is 9.84. The zero-order valence-electron chi connectivity index (χ0n) is 50.4. The lowest BCUT2D eigenvalue weighted by Crippen LogP contribution is -1.91. The third-order valence-corrected chi connectivity index (χ3v) is 7.14. The highest BCUT2D eigenvalue weighted by Gasteiger charge is 2.21. The summed E-state index contributed by atoms with van der Waals surface area (Å²) in [5, 5.41) is -4.31. The number of fused-ring (bicyclic) bond motifs is 5. The van der Waals surface area contributed by atoms with E-state index < -0.39 is 257 Å². The molecule has 0 unspecified atom stereocenters. The first-order valence-electron chi connectivity index (χ1n) is 27.2. The Labute approximate surface area is 301 Å². The van der Waals surface area contributed by atoms with Crippen molar-refractivity contribution in [3.63, 3.8) is 0 Å². The lowest BCUT2D eigenvalue weighted by molar-refractivity contribution is 0.669. The molecular formula is C44H28O. The van der Waals surface area contributed by atoms with Gasteiger partial charge in [-0.1, -0.05) is 157 Å². The average molecular weight is 601 g/mol. The Kier molecular flexibility index (Phi) is 2.32. The van der Waals surface area contributed by atoms with Crippen LogP contribution in [-0.2, 0) is 0 Å². The largest absolute Gasteiger partial charge is 0.456 e. The third-order valence-electron chi connectivity index (χ3n) is 7.14. The molecule has 1 heterocycles. The first-order chi connectivity index (χ1) is 34.0. The molecule has 1 heteroatoms. The topological polar surface area (TPSA) is 13.1 Å². The van der Waals surface area contributed by atoms with Crippen molar-refractivity contribution in [2.45, 2.75) is 0 Å². The van der Waals surface area contributed by atoms with Gasteiger partial charge in [-0.05, 0) is 78.1 Å². The maximum absolute atomic E-state index is 9.59. The molecule has 0 radical (unpaired) electrons. The number of hydrogen-bond donors (Lipinski definition) is 0. The standard InChI is InChI=1S/C44H28O/c1-3-13-29(14-4-1)30-25-27-32(28-26-30)41-34-17-7-9-19-36(34)42(37-20-10-8-18-35(37)41)38-22-12-24-40-44(38)43-33(21-11-23-39(43)45-40)31-15-5-2-6-16-31/h1-28H/i1D,2D,3D,4D,5D,6D,7D,8D,9D,10D,11D,12D,13D,14D,15D,16D,17D,18D,19D,20D,21D,22D,23D,24D,25D,26D,27D,28D. The van der Waals surface area contributed by atoms with Gasteiger partial charge < -0.3 is 4.42 Å². The highest BCUT2D eigenvalue weighted by Crippen LogP contribution is 2.48. The van der Waals surface area contributed by atoms with E-state index >= 15 is 0 Å². The molecule has 9 rings (SSSR count). The van der Waals surface area contributed by atoms with E-state index in [1.165, 1.54) is 0 Å². The second-order valence-electron chi connectivity index (χ2n) is 9.51. The fourth-order valence-electron chi connectivity index (χ4n) is 5.32. The maximum Gasteiger partial charge on any atom is 0.136 e. The van der Waals surface area contributed by atoms with Crippen molar-refractivity contribution in [3.05, 3.63) is 169 Å². The summed E-state index contributed by atoms with van der Waals surface area (Å²) in [4.78, 5) is 0. The van der Waals surface area contributed by atoms with Gasteiger partial charge in [-0.3, -0.25) is 0 Å². The number of furan rings is 1. The zero-order valence-corrected chi connectivity index (χ0v) is 22.4. The first-order valence-corrected chi connectivity index (χ1v) is 13.2. The molecule has 0 aliphatic rings. The van der Waals surface area contributed by atoms with E-state index in [1.807, 2.05) is 0 Å². The maximum atomic E-state index is 9.59. The molecule has 0 aliphatic carbocycles. The number of rotatable bonds is 4. The van der Waals surface area contributed by atoms with Gasteiger partial charge in [0.2, 0.25) is 0 Å². The summed E-state index contributed by atoms with van der Waals surface area (Å²) in [5.74, 6) is 0. The van der Waals surface area contributed by atoms with Crippen molar-refractivity contribution < 1.29 is 42.8 Å². The van der Waals surface area contributed by atoms with Crippen LogP contribution in [0.1, 0.15) is 38.4 Å². The molecular weight excluding hydrogens is 544 g/mol. The van der Waals surface area contributed by atoms with Gasteiger partial charge in [0.25, 0.3) is 0 Å². The van der Waals surface area contributed by atoms with Crippen LogP contribution in [0.15, 0.2) is 174 Å². The highest BCUT2D eigenvalue weighted by molar-refractivity contribution is 6.26. The van der Waals surface area contributed by atoms with Crippen molar-refractivity contribution >= 4 is 43.5 Å². The van der Waals surface area contributed by atoms with Crippen LogP contribution in [0, 0.1) is 0 Å². The minimum atomic E-state index is -1.09. The minimum Gasteiger partial charge on any atom is -0.456 e. The van der Waals surface area contributed by atoms with E-state index in [1.54, 1.807) is 0 Å². The van der Waals surface area contributed by atoms with Gasteiger partial charge in [0, 0.05) is 10.8 Å². The van der Waals surface area contributed by atoms with Gasteiger partial charge in [-0.15, -0.1) is 0 Å². The molecule has 1 nitrogen and oxygen atoms in total. The fraction of sp³-hybridized carbons (Fsp3) is 0. The van der Waals surface area contributed by atoms with Gasteiger partial charge in [-0.25, -0.2) is 0 Å². The van der Waals surface area contributed by atoms with E-state index in [9.17, 15) is 12.3 Å². The van der Waals surface area contributed by atoms with Crippen LogP contribution in [-0.4, -0.2) is 0 Å². The Hall–Kier alpha value is -5.92. The van der Waals surface area contributed by atoms with Gasteiger partial charge in [0.05, 0.1) is 38.4 Å². The fourth-order valence-corrected chi connectivity index (χ4v) is 5.32. The molecule has 0 atom stereocenters. The van der Waals surface area contributed by atoms with Crippen LogP contribution in [0.3, 0.4) is 0 Å². The third kappa shape index (κ3) is 4.09. The molecule has 8 aromatic carbocycles. The van der Waals surface area contributed by atoms with Crippen molar-refractivity contribution in [3.8, 4) is 44.5 Å². The lowest BCUT2D eigenvalue weighted by Gasteiger charge is -2.18. The summed E-state index contributed by atoms with van der Waals surface area (Å²) in [5.41, 5.74) is -7.56. The van der Waals surface area contributed by atoms with E-state index in [2.05, 4.69) is 0 Å². The Balaban J connectivity index is 1.63. The summed E-state index contributed by atoms with van der Waals surface area (Å²) >= 11 is 0. The van der Waals surface area contributed by atoms with Gasteiger partial charge in [0.15, 0.2) is 0 Å².